The van der Waals surface area contributed by atoms with Crippen molar-refractivity contribution in [3.05, 3.63) is 42.0 Å². The second-order valence-corrected chi connectivity index (χ2v) is 5.68. The van der Waals surface area contributed by atoms with Gasteiger partial charge in [-0.1, -0.05) is 26.0 Å². The summed E-state index contributed by atoms with van der Waals surface area (Å²) in [5, 5.41) is 0. The molecule has 1 aliphatic heterocycles. The number of hydrogen-bond acceptors (Lipinski definition) is 3. The van der Waals surface area contributed by atoms with Crippen LogP contribution in [0.2, 0.25) is 0 Å². The molecule has 1 aliphatic rings. The van der Waals surface area contributed by atoms with E-state index in [9.17, 15) is 4.79 Å². The molecule has 20 heavy (non-hydrogen) atoms. The number of rotatable bonds is 3. The van der Waals surface area contributed by atoms with Crippen LogP contribution in [0.5, 0.6) is 11.5 Å². The highest BCUT2D eigenvalue weighted by atomic mass is 16.5. The van der Waals surface area contributed by atoms with Crippen molar-refractivity contribution in [2.75, 3.05) is 13.7 Å². The van der Waals surface area contributed by atoms with Crippen molar-refractivity contribution in [1.29, 1.82) is 0 Å². The van der Waals surface area contributed by atoms with E-state index in [0.29, 0.717) is 6.61 Å². The van der Waals surface area contributed by atoms with E-state index < -0.39 is 0 Å². The van der Waals surface area contributed by atoms with Crippen LogP contribution in [-0.4, -0.2) is 19.5 Å². The van der Waals surface area contributed by atoms with Crippen molar-refractivity contribution >= 4 is 11.4 Å². The Hall–Kier alpha value is -2.03. The number of allylic oxidation sites excluding steroid dienone is 3. The van der Waals surface area contributed by atoms with Crippen molar-refractivity contribution in [3.8, 4) is 11.5 Å². The first kappa shape index (κ1) is 14.4. The highest BCUT2D eigenvalue weighted by Crippen LogP contribution is 2.37. The monoisotopic (exact) mass is 272 g/mol. The lowest BCUT2D eigenvalue weighted by molar-refractivity contribution is -0.112. The van der Waals surface area contributed by atoms with Gasteiger partial charge in [0.15, 0.2) is 5.78 Å². The summed E-state index contributed by atoms with van der Waals surface area (Å²) in [5.41, 5.74) is 1.89. The Balaban J connectivity index is 2.50. The molecule has 0 bridgehead atoms. The van der Waals surface area contributed by atoms with Crippen LogP contribution in [0.1, 0.15) is 26.3 Å². The number of ketones is 1. The van der Waals surface area contributed by atoms with Crippen LogP contribution in [0.4, 0.5) is 0 Å². The molecule has 0 N–H and O–H groups in total. The first-order valence-corrected chi connectivity index (χ1v) is 6.64. The molecular weight excluding hydrogens is 252 g/mol. The molecule has 106 valence electrons. The fraction of sp³-hybridized carbons (Fsp3) is 0.353. The third kappa shape index (κ3) is 3.29. The Morgan fingerprint density at radius 1 is 1.40 bits per heavy atom. The lowest BCUT2D eigenvalue weighted by Crippen LogP contribution is -2.17. The van der Waals surface area contributed by atoms with Crippen LogP contribution in [-0.2, 0) is 4.79 Å². The Bertz CT molecular complexity index is 580. The first-order chi connectivity index (χ1) is 9.41. The molecule has 0 aliphatic carbocycles. The molecule has 1 aromatic rings. The molecule has 0 amide bonds. The van der Waals surface area contributed by atoms with Gasteiger partial charge in [0.25, 0.3) is 0 Å². The number of benzene rings is 1. The molecule has 0 fully saturated rings. The van der Waals surface area contributed by atoms with Crippen molar-refractivity contribution < 1.29 is 14.3 Å². The average Bonchev–Trinajstić information content (AvgIpc) is 2.52. The summed E-state index contributed by atoms with van der Waals surface area (Å²) in [5.74, 6) is 1.58. The quantitative estimate of drug-likeness (QED) is 0.788. The topological polar surface area (TPSA) is 35.5 Å². The third-order valence-corrected chi connectivity index (χ3v) is 3.14. The molecule has 0 spiro atoms. The standard InChI is InChI=1S/C17H20O3/c1-12(18)5-6-13-10-17(2,3)11-20-16-9-14(19-4)7-8-15(13)16/h5-10H,11H2,1-4H3. The fourth-order valence-corrected chi connectivity index (χ4v) is 2.14. The van der Waals surface area contributed by atoms with E-state index in [2.05, 4.69) is 19.9 Å². The zero-order valence-corrected chi connectivity index (χ0v) is 12.4. The predicted molar refractivity (Wildman–Crippen MR) is 80.1 cm³/mol. The van der Waals surface area contributed by atoms with E-state index in [1.807, 2.05) is 24.3 Å². The van der Waals surface area contributed by atoms with Crippen molar-refractivity contribution in [2.24, 2.45) is 5.41 Å². The second kappa shape index (κ2) is 5.53. The van der Waals surface area contributed by atoms with E-state index in [1.165, 1.54) is 0 Å². The number of fused-ring (bicyclic) bond motifs is 1. The Labute approximate surface area is 119 Å². The van der Waals surface area contributed by atoms with Crippen LogP contribution < -0.4 is 9.47 Å². The number of ether oxygens (including phenoxy) is 2. The van der Waals surface area contributed by atoms with E-state index in [0.717, 1.165) is 22.6 Å². The van der Waals surface area contributed by atoms with Gasteiger partial charge in [0.2, 0.25) is 0 Å². The lowest BCUT2D eigenvalue weighted by atomic mass is 9.90. The maximum absolute atomic E-state index is 11.2. The van der Waals surface area contributed by atoms with Gasteiger partial charge in [-0.25, -0.2) is 0 Å². The zero-order chi connectivity index (χ0) is 14.8. The SMILES string of the molecule is COc1ccc2c(c1)OCC(C)(C)C=C2C=CC(C)=O. The highest BCUT2D eigenvalue weighted by Gasteiger charge is 2.23. The molecule has 3 nitrogen and oxygen atoms in total. The molecule has 1 aromatic carbocycles. The van der Waals surface area contributed by atoms with Gasteiger partial charge in [0, 0.05) is 17.0 Å². The zero-order valence-electron chi connectivity index (χ0n) is 12.4. The first-order valence-electron chi connectivity index (χ1n) is 6.64. The van der Waals surface area contributed by atoms with Crippen LogP contribution in [0.15, 0.2) is 36.4 Å². The third-order valence-electron chi connectivity index (χ3n) is 3.14. The molecule has 0 saturated carbocycles. The summed E-state index contributed by atoms with van der Waals surface area (Å²) < 4.78 is 11.1. The van der Waals surface area contributed by atoms with Crippen molar-refractivity contribution in [2.45, 2.75) is 20.8 Å². The van der Waals surface area contributed by atoms with Gasteiger partial charge in [-0.05, 0) is 30.7 Å². The number of methoxy groups -OCH3 is 1. The van der Waals surface area contributed by atoms with E-state index in [1.54, 1.807) is 20.1 Å². The van der Waals surface area contributed by atoms with Gasteiger partial charge in [0.05, 0.1) is 13.7 Å². The summed E-state index contributed by atoms with van der Waals surface area (Å²) in [6.07, 6.45) is 5.58. The highest BCUT2D eigenvalue weighted by molar-refractivity contribution is 5.91. The maximum atomic E-state index is 11.2. The van der Waals surface area contributed by atoms with E-state index in [-0.39, 0.29) is 11.2 Å². The van der Waals surface area contributed by atoms with Crippen LogP contribution in [0.25, 0.3) is 5.57 Å². The largest absolute Gasteiger partial charge is 0.497 e. The molecule has 2 rings (SSSR count). The normalized spacial score (nSPS) is 16.9. The number of carbonyl (C=O) groups excluding carboxylic acids is 1. The molecule has 3 heteroatoms. The van der Waals surface area contributed by atoms with Gasteiger partial charge in [-0.2, -0.15) is 0 Å². The van der Waals surface area contributed by atoms with Gasteiger partial charge in [-0.15, -0.1) is 0 Å². The minimum Gasteiger partial charge on any atom is -0.497 e. The fourth-order valence-electron chi connectivity index (χ4n) is 2.14. The molecule has 0 saturated heterocycles. The number of carbonyl (C=O) groups is 1. The second-order valence-electron chi connectivity index (χ2n) is 5.68. The molecule has 0 aromatic heterocycles. The predicted octanol–water partition coefficient (Wildman–Crippen LogP) is 3.64. The van der Waals surface area contributed by atoms with Crippen LogP contribution >= 0.6 is 0 Å². The number of hydrogen-bond donors (Lipinski definition) is 0. The molecule has 0 unspecified atom stereocenters. The minimum atomic E-state index is -0.0945. The molecule has 0 radical (unpaired) electrons. The van der Waals surface area contributed by atoms with E-state index in [4.69, 9.17) is 9.47 Å². The van der Waals surface area contributed by atoms with E-state index >= 15 is 0 Å². The van der Waals surface area contributed by atoms with Gasteiger partial charge < -0.3 is 9.47 Å². The molecule has 0 atom stereocenters. The van der Waals surface area contributed by atoms with Crippen LogP contribution in [0, 0.1) is 5.41 Å². The van der Waals surface area contributed by atoms with Gasteiger partial charge in [0.1, 0.15) is 11.5 Å². The van der Waals surface area contributed by atoms with Crippen LogP contribution in [0.3, 0.4) is 0 Å². The summed E-state index contributed by atoms with van der Waals surface area (Å²) in [6.45, 7) is 6.35. The summed E-state index contributed by atoms with van der Waals surface area (Å²) >= 11 is 0. The maximum Gasteiger partial charge on any atom is 0.152 e. The average molecular weight is 272 g/mol. The summed E-state index contributed by atoms with van der Waals surface area (Å²) in [7, 11) is 1.63. The summed E-state index contributed by atoms with van der Waals surface area (Å²) in [4.78, 5) is 11.2. The van der Waals surface area contributed by atoms with Crippen molar-refractivity contribution in [1.82, 2.24) is 0 Å². The lowest BCUT2D eigenvalue weighted by Gasteiger charge is -2.18. The Morgan fingerprint density at radius 3 is 2.80 bits per heavy atom. The Morgan fingerprint density at radius 2 is 2.15 bits per heavy atom. The van der Waals surface area contributed by atoms with Crippen molar-refractivity contribution in [3.63, 3.8) is 0 Å². The molecule has 1 heterocycles. The smallest absolute Gasteiger partial charge is 0.152 e. The molecular formula is C17H20O3. The summed E-state index contributed by atoms with van der Waals surface area (Å²) in [6, 6.07) is 5.74. The Kier molecular flexibility index (Phi) is 3.98. The van der Waals surface area contributed by atoms with Gasteiger partial charge in [-0.3, -0.25) is 4.79 Å². The van der Waals surface area contributed by atoms with Gasteiger partial charge >= 0.3 is 0 Å². The minimum absolute atomic E-state index is 0.0314.